The summed E-state index contributed by atoms with van der Waals surface area (Å²) in [6.07, 6.45) is 0.789. The number of fused-ring (bicyclic) bond motifs is 4. The minimum Gasteiger partial charge on any atom is -0.310 e. The van der Waals surface area contributed by atoms with Gasteiger partial charge in [0.05, 0.1) is 17.1 Å². The van der Waals surface area contributed by atoms with E-state index in [1.165, 1.54) is 55.9 Å². The lowest BCUT2D eigenvalue weighted by Gasteiger charge is -2.43. The summed E-state index contributed by atoms with van der Waals surface area (Å²) in [5.74, 6) is 1.85. The zero-order valence-electron chi connectivity index (χ0n) is 33.5. The van der Waals surface area contributed by atoms with Crippen LogP contribution in [0.4, 0.5) is 34.4 Å². The second-order valence-corrected chi connectivity index (χ2v) is 16.1. The first kappa shape index (κ1) is 35.5. The molecular formula is C55H41N5. The minimum absolute atomic E-state index is 0.348. The van der Waals surface area contributed by atoms with E-state index in [-0.39, 0.29) is 5.41 Å². The van der Waals surface area contributed by atoms with E-state index >= 15 is 0 Å². The number of rotatable bonds is 6. The zero-order valence-corrected chi connectivity index (χ0v) is 33.5. The summed E-state index contributed by atoms with van der Waals surface area (Å²) < 4.78 is 0. The van der Waals surface area contributed by atoms with Crippen molar-refractivity contribution in [3.63, 3.8) is 0 Å². The van der Waals surface area contributed by atoms with Gasteiger partial charge >= 0.3 is 0 Å². The Hall–Kier alpha value is -7.63. The fourth-order valence-corrected chi connectivity index (χ4v) is 9.07. The molecule has 8 aromatic carbocycles. The quantitative estimate of drug-likeness (QED) is 0.168. The van der Waals surface area contributed by atoms with E-state index in [0.29, 0.717) is 17.6 Å². The van der Waals surface area contributed by atoms with Crippen molar-refractivity contribution in [2.75, 3.05) is 9.80 Å². The molecule has 1 aromatic heterocycles. The smallest absolute Gasteiger partial charge is 0.238 e. The third kappa shape index (κ3) is 6.06. The molecule has 3 heterocycles. The van der Waals surface area contributed by atoms with E-state index in [1.54, 1.807) is 0 Å². The molecule has 0 fully saturated rings. The maximum Gasteiger partial charge on any atom is 0.238 e. The lowest BCUT2D eigenvalue weighted by Crippen LogP contribution is -2.32. The summed E-state index contributed by atoms with van der Waals surface area (Å²) >= 11 is 0. The molecule has 5 nitrogen and oxygen atoms in total. The molecule has 0 bridgehead atoms. The SMILES string of the molecule is CC1(C)c2ccccc2N(c2nc(-c3ccccc3)nc(-c3ccccc3)n2)c2cc3c(cc21)N(c1cc(-c2ccccc2)cc(-c2ccccc2)c1)c1ccccc1C3. The van der Waals surface area contributed by atoms with Crippen LogP contribution in [-0.2, 0) is 11.8 Å². The molecule has 60 heavy (non-hydrogen) atoms. The van der Waals surface area contributed by atoms with Crippen molar-refractivity contribution in [2.45, 2.75) is 25.7 Å². The highest BCUT2D eigenvalue weighted by atomic mass is 15.3. The molecule has 286 valence electrons. The Morgan fingerprint density at radius 1 is 0.367 bits per heavy atom. The van der Waals surface area contributed by atoms with Crippen molar-refractivity contribution in [1.29, 1.82) is 0 Å². The molecule has 2 aliphatic heterocycles. The van der Waals surface area contributed by atoms with Gasteiger partial charge in [-0.15, -0.1) is 0 Å². The average molecular weight is 772 g/mol. The van der Waals surface area contributed by atoms with Gasteiger partial charge in [0.15, 0.2) is 11.6 Å². The fourth-order valence-electron chi connectivity index (χ4n) is 9.07. The standard InChI is InChI=1S/C55H41N5/c1-55(2)46-28-16-18-30-49(46)60(54-57-52(39-23-11-5-12-24-39)56-53(58-54)40-25-13-6-14-26-40)51-35-44-31-41-27-15-17-29-48(41)59(50(44)36-47(51)55)45-33-42(37-19-7-3-8-20-37)32-43(34-45)38-21-9-4-10-22-38/h3-30,32-36H,31H2,1-2H3. The molecule has 11 rings (SSSR count). The molecule has 0 radical (unpaired) electrons. The highest BCUT2D eigenvalue weighted by Crippen LogP contribution is 2.55. The third-order valence-corrected chi connectivity index (χ3v) is 12.1. The van der Waals surface area contributed by atoms with Gasteiger partial charge in [0, 0.05) is 34.3 Å². The maximum absolute atomic E-state index is 5.28. The molecule has 0 unspecified atom stereocenters. The average Bonchev–Trinajstić information content (AvgIpc) is 3.31. The highest BCUT2D eigenvalue weighted by Gasteiger charge is 2.40. The molecular weight excluding hydrogens is 731 g/mol. The largest absolute Gasteiger partial charge is 0.310 e. The monoisotopic (exact) mass is 771 g/mol. The molecule has 9 aromatic rings. The van der Waals surface area contributed by atoms with Crippen LogP contribution in [0.5, 0.6) is 0 Å². The van der Waals surface area contributed by atoms with Crippen molar-refractivity contribution in [3.05, 3.63) is 222 Å². The number of hydrogen-bond acceptors (Lipinski definition) is 5. The summed E-state index contributed by atoms with van der Waals surface area (Å²) in [5, 5.41) is 0. The van der Waals surface area contributed by atoms with E-state index in [0.717, 1.165) is 34.6 Å². The first-order valence-electron chi connectivity index (χ1n) is 20.6. The molecule has 0 saturated heterocycles. The Bertz CT molecular complexity index is 2920. The number of aromatic nitrogens is 3. The number of nitrogens with zero attached hydrogens (tertiary/aromatic N) is 5. The molecule has 0 spiro atoms. The van der Waals surface area contributed by atoms with Crippen LogP contribution in [0.2, 0.25) is 0 Å². The van der Waals surface area contributed by atoms with Crippen molar-refractivity contribution >= 4 is 34.4 Å². The first-order valence-corrected chi connectivity index (χ1v) is 20.6. The predicted octanol–water partition coefficient (Wildman–Crippen LogP) is 14.0. The molecule has 0 N–H and O–H groups in total. The van der Waals surface area contributed by atoms with Crippen LogP contribution in [0.25, 0.3) is 45.0 Å². The molecule has 0 amide bonds. The van der Waals surface area contributed by atoms with Gasteiger partial charge in [0.25, 0.3) is 0 Å². The van der Waals surface area contributed by atoms with Crippen molar-refractivity contribution in [1.82, 2.24) is 15.0 Å². The molecule has 0 saturated carbocycles. The van der Waals surface area contributed by atoms with Gasteiger partial charge in [-0.3, -0.25) is 4.90 Å². The maximum atomic E-state index is 5.28. The number of benzene rings is 8. The Labute approximate surface area is 351 Å². The number of hydrogen-bond donors (Lipinski definition) is 0. The Kier molecular flexibility index (Phi) is 8.48. The van der Waals surface area contributed by atoms with Crippen LogP contribution in [-0.4, -0.2) is 15.0 Å². The summed E-state index contributed by atoms with van der Waals surface area (Å²) in [7, 11) is 0. The minimum atomic E-state index is -0.348. The lowest BCUT2D eigenvalue weighted by molar-refractivity contribution is 0.630. The predicted molar refractivity (Wildman–Crippen MR) is 246 cm³/mol. The van der Waals surface area contributed by atoms with Crippen LogP contribution in [0.3, 0.4) is 0 Å². The lowest BCUT2D eigenvalue weighted by atomic mass is 9.72. The van der Waals surface area contributed by atoms with Crippen LogP contribution >= 0.6 is 0 Å². The number of anilines is 6. The summed E-state index contributed by atoms with van der Waals surface area (Å²) in [4.78, 5) is 20.4. The molecule has 0 aliphatic carbocycles. The Morgan fingerprint density at radius 3 is 1.45 bits per heavy atom. The molecule has 5 heteroatoms. The van der Waals surface area contributed by atoms with Gasteiger partial charge in [-0.25, -0.2) is 4.98 Å². The normalized spacial score (nSPS) is 13.5. The fraction of sp³-hybridized carbons (Fsp3) is 0.0727. The highest BCUT2D eigenvalue weighted by molar-refractivity contribution is 5.92. The van der Waals surface area contributed by atoms with Crippen LogP contribution < -0.4 is 9.80 Å². The van der Waals surface area contributed by atoms with E-state index in [2.05, 4.69) is 187 Å². The topological polar surface area (TPSA) is 45.2 Å². The van der Waals surface area contributed by atoms with Gasteiger partial charge in [-0.2, -0.15) is 9.97 Å². The molecule has 0 atom stereocenters. The van der Waals surface area contributed by atoms with Crippen molar-refractivity contribution in [3.8, 4) is 45.0 Å². The summed E-state index contributed by atoms with van der Waals surface area (Å²) in [6, 6.07) is 71.3. The van der Waals surface area contributed by atoms with Gasteiger partial charge in [-0.1, -0.05) is 172 Å². The van der Waals surface area contributed by atoms with E-state index in [9.17, 15) is 0 Å². The van der Waals surface area contributed by atoms with E-state index in [1.807, 2.05) is 36.4 Å². The van der Waals surface area contributed by atoms with E-state index in [4.69, 9.17) is 15.0 Å². The Morgan fingerprint density at radius 2 is 0.867 bits per heavy atom. The molecule has 2 aliphatic rings. The second kappa shape index (κ2) is 14.3. The van der Waals surface area contributed by atoms with Gasteiger partial charge in [0.1, 0.15) is 0 Å². The van der Waals surface area contributed by atoms with Crippen LogP contribution in [0, 0.1) is 0 Å². The number of para-hydroxylation sites is 2. The van der Waals surface area contributed by atoms with Crippen molar-refractivity contribution in [2.24, 2.45) is 0 Å². The van der Waals surface area contributed by atoms with Gasteiger partial charge < -0.3 is 4.90 Å². The zero-order chi connectivity index (χ0) is 40.2. The van der Waals surface area contributed by atoms with Crippen LogP contribution in [0.1, 0.15) is 36.1 Å². The van der Waals surface area contributed by atoms with Crippen LogP contribution in [0.15, 0.2) is 200 Å². The second-order valence-electron chi connectivity index (χ2n) is 16.1. The van der Waals surface area contributed by atoms with Gasteiger partial charge in [0.2, 0.25) is 5.95 Å². The van der Waals surface area contributed by atoms with E-state index < -0.39 is 0 Å². The summed E-state index contributed by atoms with van der Waals surface area (Å²) in [6.45, 7) is 4.69. The Balaban J connectivity index is 1.16. The first-order chi connectivity index (χ1) is 29.5. The summed E-state index contributed by atoms with van der Waals surface area (Å²) in [5.41, 5.74) is 16.8. The third-order valence-electron chi connectivity index (χ3n) is 12.1. The van der Waals surface area contributed by atoms with Gasteiger partial charge in [-0.05, 0) is 87.0 Å². The van der Waals surface area contributed by atoms with Crippen molar-refractivity contribution < 1.29 is 0 Å².